The largest absolute Gasteiger partial charge is 0.489 e. The van der Waals surface area contributed by atoms with Crippen molar-refractivity contribution in [2.24, 2.45) is 0 Å². The molecule has 1 aromatic carbocycles. The van der Waals surface area contributed by atoms with Crippen LogP contribution in [-0.2, 0) is 0 Å². The minimum atomic E-state index is -0.316. The fourth-order valence-electron chi connectivity index (χ4n) is 2.36. The lowest BCUT2D eigenvalue weighted by Gasteiger charge is -2.24. The predicted molar refractivity (Wildman–Crippen MR) is 72.1 cm³/mol. The van der Waals surface area contributed by atoms with Gasteiger partial charge in [0.2, 0.25) is 0 Å². The maximum absolute atomic E-state index is 9.37. The molecule has 2 heterocycles. The first kappa shape index (κ1) is 12.0. The van der Waals surface area contributed by atoms with E-state index in [9.17, 15) is 5.11 Å². The lowest BCUT2D eigenvalue weighted by molar-refractivity contribution is 0.164. The first-order chi connectivity index (χ1) is 9.24. The Morgan fingerprint density at radius 3 is 2.84 bits per heavy atom. The standard InChI is InChI=1S/C13H16N4O2/c14-12-11-9(16-13(18)17-12)2-1-3-10(11)19-8-4-6-15-7-5-8/h1-3,8,15H,4-7H2,(H3,14,16,17,18). The Labute approximate surface area is 110 Å². The van der Waals surface area contributed by atoms with E-state index >= 15 is 0 Å². The van der Waals surface area contributed by atoms with Crippen LogP contribution in [0.1, 0.15) is 12.8 Å². The van der Waals surface area contributed by atoms with E-state index in [0.29, 0.717) is 16.7 Å². The number of piperidine rings is 1. The smallest absolute Gasteiger partial charge is 0.316 e. The second-order valence-electron chi connectivity index (χ2n) is 4.63. The van der Waals surface area contributed by atoms with Crippen molar-refractivity contribution < 1.29 is 9.84 Å². The average Bonchev–Trinajstić information content (AvgIpc) is 2.39. The second kappa shape index (κ2) is 4.89. The molecule has 0 saturated carbocycles. The molecule has 1 aromatic heterocycles. The Kier molecular flexibility index (Phi) is 3.08. The van der Waals surface area contributed by atoms with E-state index in [-0.39, 0.29) is 17.9 Å². The van der Waals surface area contributed by atoms with E-state index in [0.717, 1.165) is 25.9 Å². The molecule has 1 aliphatic heterocycles. The molecule has 3 rings (SSSR count). The van der Waals surface area contributed by atoms with Gasteiger partial charge in [0.1, 0.15) is 17.7 Å². The Hall–Kier alpha value is -2.08. The van der Waals surface area contributed by atoms with E-state index in [1.54, 1.807) is 6.07 Å². The van der Waals surface area contributed by atoms with Crippen molar-refractivity contribution in [2.45, 2.75) is 18.9 Å². The van der Waals surface area contributed by atoms with E-state index in [1.807, 2.05) is 12.1 Å². The van der Waals surface area contributed by atoms with Gasteiger partial charge in [-0.15, -0.1) is 0 Å². The molecule has 0 radical (unpaired) electrons. The quantitative estimate of drug-likeness (QED) is 0.747. The van der Waals surface area contributed by atoms with Crippen LogP contribution in [0.3, 0.4) is 0 Å². The van der Waals surface area contributed by atoms with Crippen molar-refractivity contribution >= 4 is 16.7 Å². The maximum Gasteiger partial charge on any atom is 0.316 e. The molecule has 1 aliphatic rings. The van der Waals surface area contributed by atoms with Gasteiger partial charge in [-0.1, -0.05) is 6.07 Å². The first-order valence-corrected chi connectivity index (χ1v) is 6.36. The number of nitrogens with zero attached hydrogens (tertiary/aromatic N) is 2. The minimum Gasteiger partial charge on any atom is -0.489 e. The van der Waals surface area contributed by atoms with E-state index < -0.39 is 0 Å². The van der Waals surface area contributed by atoms with E-state index in [2.05, 4.69) is 15.3 Å². The molecule has 6 nitrogen and oxygen atoms in total. The van der Waals surface area contributed by atoms with Crippen molar-refractivity contribution in [3.05, 3.63) is 18.2 Å². The number of aromatic hydroxyl groups is 1. The summed E-state index contributed by atoms with van der Waals surface area (Å²) < 4.78 is 6.01. The summed E-state index contributed by atoms with van der Waals surface area (Å²) in [6.45, 7) is 1.92. The zero-order valence-electron chi connectivity index (χ0n) is 10.5. The van der Waals surface area contributed by atoms with Crippen LogP contribution in [0.4, 0.5) is 5.82 Å². The van der Waals surface area contributed by atoms with Gasteiger partial charge in [-0.2, -0.15) is 9.97 Å². The van der Waals surface area contributed by atoms with Gasteiger partial charge in [0.05, 0.1) is 10.9 Å². The van der Waals surface area contributed by atoms with Crippen LogP contribution in [0.15, 0.2) is 18.2 Å². The molecule has 0 atom stereocenters. The van der Waals surface area contributed by atoms with Gasteiger partial charge >= 0.3 is 6.01 Å². The summed E-state index contributed by atoms with van der Waals surface area (Å²) >= 11 is 0. The van der Waals surface area contributed by atoms with Crippen LogP contribution < -0.4 is 15.8 Å². The molecule has 0 spiro atoms. The number of nitrogens with two attached hydrogens (primary N) is 1. The van der Waals surface area contributed by atoms with Crippen LogP contribution in [-0.4, -0.2) is 34.3 Å². The van der Waals surface area contributed by atoms with Crippen LogP contribution in [0.25, 0.3) is 10.9 Å². The number of hydrogen-bond acceptors (Lipinski definition) is 6. The number of ether oxygens (including phenoxy) is 1. The fourth-order valence-corrected chi connectivity index (χ4v) is 2.36. The molecule has 0 amide bonds. The Bertz CT molecular complexity index is 596. The van der Waals surface area contributed by atoms with Gasteiger partial charge in [0.15, 0.2) is 0 Å². The Morgan fingerprint density at radius 2 is 2.05 bits per heavy atom. The third-order valence-corrected chi connectivity index (χ3v) is 3.28. The van der Waals surface area contributed by atoms with Crippen molar-refractivity contribution in [3.8, 4) is 11.8 Å². The monoisotopic (exact) mass is 260 g/mol. The number of rotatable bonds is 2. The molecule has 6 heteroatoms. The van der Waals surface area contributed by atoms with Crippen molar-refractivity contribution in [3.63, 3.8) is 0 Å². The second-order valence-corrected chi connectivity index (χ2v) is 4.63. The van der Waals surface area contributed by atoms with Gasteiger partial charge < -0.3 is 20.9 Å². The molecule has 100 valence electrons. The van der Waals surface area contributed by atoms with Crippen LogP contribution in [0, 0.1) is 0 Å². The molecule has 0 unspecified atom stereocenters. The molecule has 19 heavy (non-hydrogen) atoms. The summed E-state index contributed by atoms with van der Waals surface area (Å²) in [4.78, 5) is 7.75. The minimum absolute atomic E-state index is 0.181. The van der Waals surface area contributed by atoms with E-state index in [4.69, 9.17) is 10.5 Å². The van der Waals surface area contributed by atoms with Crippen molar-refractivity contribution in [2.75, 3.05) is 18.8 Å². The van der Waals surface area contributed by atoms with Crippen LogP contribution >= 0.6 is 0 Å². The highest BCUT2D eigenvalue weighted by Crippen LogP contribution is 2.31. The number of nitrogens with one attached hydrogen (secondary N) is 1. The highest BCUT2D eigenvalue weighted by molar-refractivity contribution is 5.93. The highest BCUT2D eigenvalue weighted by Gasteiger charge is 2.17. The number of anilines is 1. The molecule has 1 fully saturated rings. The first-order valence-electron chi connectivity index (χ1n) is 6.36. The summed E-state index contributed by atoms with van der Waals surface area (Å²) in [6.07, 6.45) is 2.12. The predicted octanol–water partition coefficient (Wildman–Crippen LogP) is 1.05. The number of benzene rings is 1. The lowest BCUT2D eigenvalue weighted by Crippen LogP contribution is -2.34. The van der Waals surface area contributed by atoms with Gasteiger partial charge in [0.25, 0.3) is 0 Å². The SMILES string of the molecule is Nc1nc(O)nc2cccc(OC3CCNCC3)c12. The summed E-state index contributed by atoms with van der Waals surface area (Å²) in [5, 5.41) is 13.3. The van der Waals surface area contributed by atoms with Crippen molar-refractivity contribution in [1.82, 2.24) is 15.3 Å². The summed E-state index contributed by atoms with van der Waals surface area (Å²) in [7, 11) is 0. The molecule has 0 bridgehead atoms. The normalized spacial score (nSPS) is 16.6. The number of hydrogen-bond donors (Lipinski definition) is 3. The Balaban J connectivity index is 1.98. The van der Waals surface area contributed by atoms with Crippen LogP contribution in [0.2, 0.25) is 0 Å². The van der Waals surface area contributed by atoms with E-state index in [1.165, 1.54) is 0 Å². The molecular weight excluding hydrogens is 244 g/mol. The molecule has 0 aliphatic carbocycles. The average molecular weight is 260 g/mol. The number of fused-ring (bicyclic) bond motifs is 1. The lowest BCUT2D eigenvalue weighted by atomic mass is 10.1. The molecule has 2 aromatic rings. The number of nitrogen functional groups attached to an aromatic ring is 1. The maximum atomic E-state index is 9.37. The zero-order valence-corrected chi connectivity index (χ0v) is 10.5. The zero-order chi connectivity index (χ0) is 13.2. The summed E-state index contributed by atoms with van der Waals surface area (Å²) in [6, 6.07) is 5.16. The van der Waals surface area contributed by atoms with Gasteiger partial charge in [0, 0.05) is 0 Å². The summed E-state index contributed by atoms with van der Waals surface area (Å²) in [5.41, 5.74) is 6.45. The number of aromatic nitrogens is 2. The fraction of sp³-hybridized carbons (Fsp3) is 0.385. The molecule has 1 saturated heterocycles. The van der Waals surface area contributed by atoms with Gasteiger partial charge in [-0.05, 0) is 38.1 Å². The topological polar surface area (TPSA) is 93.3 Å². The van der Waals surface area contributed by atoms with Crippen molar-refractivity contribution in [1.29, 1.82) is 0 Å². The molecule has 4 N–H and O–H groups in total. The third kappa shape index (κ3) is 2.39. The highest BCUT2D eigenvalue weighted by atomic mass is 16.5. The van der Waals surface area contributed by atoms with Gasteiger partial charge in [-0.25, -0.2) is 0 Å². The summed E-state index contributed by atoms with van der Waals surface area (Å²) in [5.74, 6) is 0.925. The van der Waals surface area contributed by atoms with Crippen LogP contribution in [0.5, 0.6) is 11.8 Å². The molecular formula is C13H16N4O2. The third-order valence-electron chi connectivity index (χ3n) is 3.28. The van der Waals surface area contributed by atoms with Gasteiger partial charge in [-0.3, -0.25) is 0 Å². The Morgan fingerprint density at radius 1 is 1.26 bits per heavy atom.